The van der Waals surface area contributed by atoms with E-state index in [2.05, 4.69) is 0 Å². The highest BCUT2D eigenvalue weighted by Gasteiger charge is 2.76. The van der Waals surface area contributed by atoms with Gasteiger partial charge >= 0.3 is 18.0 Å². The van der Waals surface area contributed by atoms with Crippen molar-refractivity contribution in [1.29, 1.82) is 0 Å². The lowest BCUT2D eigenvalue weighted by Gasteiger charge is -2.28. The quantitative estimate of drug-likeness (QED) is 0.810. The molecule has 0 aromatic heterocycles. The topological polar surface area (TPSA) is 29.1 Å². The van der Waals surface area contributed by atoms with Gasteiger partial charge in [-0.3, -0.25) is 4.79 Å². The highest BCUT2D eigenvalue weighted by molar-refractivity contribution is 5.85. The Labute approximate surface area is 127 Å². The summed E-state index contributed by atoms with van der Waals surface area (Å²) < 4.78 is 88.3. The van der Waals surface area contributed by atoms with Gasteiger partial charge in [0.1, 0.15) is 0 Å². The standard InChI is InChI=1S/C14H14F7NO/c1-7-4-5-10(8(2)6-7)9(3)22-11(23)12(15,16)13(17,18)14(19,20)21/h4-6,9H,1-3H3,(H,22,23). The minimum absolute atomic E-state index is 0.329. The number of carbonyl (C=O) groups is 1. The Bertz CT molecular complexity index is 595. The van der Waals surface area contributed by atoms with Gasteiger partial charge < -0.3 is 5.32 Å². The lowest BCUT2D eigenvalue weighted by molar-refractivity contribution is -0.344. The Balaban J connectivity index is 3.02. The van der Waals surface area contributed by atoms with Crippen molar-refractivity contribution in [3.63, 3.8) is 0 Å². The largest absolute Gasteiger partial charge is 0.460 e. The van der Waals surface area contributed by atoms with Crippen LogP contribution < -0.4 is 5.32 Å². The van der Waals surface area contributed by atoms with E-state index in [9.17, 15) is 35.5 Å². The number of benzene rings is 1. The highest BCUT2D eigenvalue weighted by atomic mass is 19.4. The average Bonchev–Trinajstić information content (AvgIpc) is 2.36. The molecule has 0 fully saturated rings. The Hall–Kier alpha value is -1.80. The van der Waals surface area contributed by atoms with Crippen LogP contribution in [0.3, 0.4) is 0 Å². The summed E-state index contributed by atoms with van der Waals surface area (Å²) in [6, 6.07) is 3.54. The molecular weight excluding hydrogens is 331 g/mol. The van der Waals surface area contributed by atoms with Gasteiger partial charge in [0.15, 0.2) is 0 Å². The number of hydrogen-bond donors (Lipinski definition) is 1. The molecule has 2 nitrogen and oxygen atoms in total. The summed E-state index contributed by atoms with van der Waals surface area (Å²) in [5, 5.41) is 1.51. The van der Waals surface area contributed by atoms with Crippen molar-refractivity contribution in [1.82, 2.24) is 5.32 Å². The van der Waals surface area contributed by atoms with Crippen LogP contribution in [-0.4, -0.2) is 23.9 Å². The third-order valence-corrected chi connectivity index (χ3v) is 3.27. The fourth-order valence-corrected chi connectivity index (χ4v) is 2.00. The van der Waals surface area contributed by atoms with Crippen LogP contribution in [0.2, 0.25) is 0 Å². The Morgan fingerprint density at radius 3 is 2.00 bits per heavy atom. The van der Waals surface area contributed by atoms with E-state index >= 15 is 0 Å². The van der Waals surface area contributed by atoms with Crippen molar-refractivity contribution >= 4 is 5.91 Å². The first-order valence-corrected chi connectivity index (χ1v) is 6.42. The van der Waals surface area contributed by atoms with Gasteiger partial charge in [-0.15, -0.1) is 0 Å². The van der Waals surface area contributed by atoms with Crippen LogP contribution >= 0.6 is 0 Å². The summed E-state index contributed by atoms with van der Waals surface area (Å²) in [5.74, 6) is -15.1. The molecule has 0 radical (unpaired) electrons. The minimum atomic E-state index is -6.54. The highest BCUT2D eigenvalue weighted by Crippen LogP contribution is 2.46. The molecule has 0 aliphatic rings. The van der Waals surface area contributed by atoms with Gasteiger partial charge in [0.05, 0.1) is 6.04 Å². The number of hydrogen-bond acceptors (Lipinski definition) is 1. The number of rotatable bonds is 4. The molecule has 1 rings (SSSR count). The van der Waals surface area contributed by atoms with E-state index in [0.717, 1.165) is 5.56 Å². The van der Waals surface area contributed by atoms with E-state index in [0.29, 0.717) is 11.1 Å². The van der Waals surface area contributed by atoms with Gasteiger partial charge in [-0.05, 0) is 31.9 Å². The molecule has 0 saturated heterocycles. The first-order chi connectivity index (χ1) is 10.2. The van der Waals surface area contributed by atoms with Crippen LogP contribution in [0.5, 0.6) is 0 Å². The van der Waals surface area contributed by atoms with Crippen molar-refractivity contribution < 1.29 is 35.5 Å². The van der Waals surface area contributed by atoms with Crippen LogP contribution in [0.25, 0.3) is 0 Å². The fraction of sp³-hybridized carbons (Fsp3) is 0.500. The fourth-order valence-electron chi connectivity index (χ4n) is 2.00. The van der Waals surface area contributed by atoms with Gasteiger partial charge in [0.2, 0.25) is 0 Å². The van der Waals surface area contributed by atoms with Crippen molar-refractivity contribution in [3.05, 3.63) is 34.9 Å². The van der Waals surface area contributed by atoms with Gasteiger partial charge in [-0.25, -0.2) is 0 Å². The molecule has 0 aliphatic heterocycles. The zero-order valence-corrected chi connectivity index (χ0v) is 12.4. The summed E-state index contributed by atoms with van der Waals surface area (Å²) in [4.78, 5) is 11.3. The maximum atomic E-state index is 13.2. The molecule has 0 aliphatic carbocycles. The van der Waals surface area contributed by atoms with E-state index < -0.39 is 30.0 Å². The number of nitrogens with one attached hydrogen (secondary N) is 1. The van der Waals surface area contributed by atoms with Gasteiger partial charge in [-0.2, -0.15) is 30.7 Å². The van der Waals surface area contributed by atoms with Crippen LogP contribution in [-0.2, 0) is 4.79 Å². The molecule has 1 unspecified atom stereocenters. The molecular formula is C14H14F7NO. The SMILES string of the molecule is Cc1ccc(C(C)NC(=O)C(F)(F)C(F)(F)C(F)(F)F)c(C)c1. The van der Waals surface area contributed by atoms with Crippen molar-refractivity contribution in [2.45, 2.75) is 44.8 Å². The summed E-state index contributed by atoms with van der Waals surface area (Å²) >= 11 is 0. The molecule has 1 amide bonds. The van der Waals surface area contributed by atoms with Crippen molar-refractivity contribution in [2.24, 2.45) is 0 Å². The Morgan fingerprint density at radius 2 is 1.57 bits per heavy atom. The lowest BCUT2D eigenvalue weighted by atomic mass is 10.00. The van der Waals surface area contributed by atoms with Crippen LogP contribution in [0, 0.1) is 13.8 Å². The first-order valence-electron chi connectivity index (χ1n) is 6.42. The molecule has 9 heteroatoms. The first kappa shape index (κ1) is 19.2. The smallest absolute Gasteiger partial charge is 0.344 e. The molecule has 130 valence electrons. The monoisotopic (exact) mass is 345 g/mol. The molecule has 1 aromatic rings. The maximum absolute atomic E-state index is 13.2. The molecule has 1 N–H and O–H groups in total. The van der Waals surface area contributed by atoms with Crippen LogP contribution in [0.4, 0.5) is 30.7 Å². The lowest BCUT2D eigenvalue weighted by Crippen LogP contribution is -2.59. The Kier molecular flexibility index (Phi) is 5.03. The summed E-state index contributed by atoms with van der Waals surface area (Å²) in [6.45, 7) is 4.54. The van der Waals surface area contributed by atoms with Gasteiger partial charge in [-0.1, -0.05) is 23.8 Å². The number of alkyl halides is 7. The molecule has 0 spiro atoms. The average molecular weight is 345 g/mol. The van der Waals surface area contributed by atoms with E-state index in [4.69, 9.17) is 0 Å². The number of carbonyl (C=O) groups excluding carboxylic acids is 1. The van der Waals surface area contributed by atoms with Gasteiger partial charge in [0.25, 0.3) is 5.91 Å². The molecule has 0 heterocycles. The second-order valence-corrected chi connectivity index (χ2v) is 5.20. The molecule has 0 saturated carbocycles. The third kappa shape index (κ3) is 3.59. The normalized spacial score (nSPS) is 14.5. The number of halogens is 7. The van der Waals surface area contributed by atoms with Crippen molar-refractivity contribution in [3.8, 4) is 0 Å². The maximum Gasteiger partial charge on any atom is 0.460 e. The molecule has 0 bridgehead atoms. The van der Waals surface area contributed by atoms with Crippen LogP contribution in [0.1, 0.15) is 29.7 Å². The Morgan fingerprint density at radius 1 is 1.04 bits per heavy atom. The predicted octanol–water partition coefficient (Wildman–Crippen LogP) is 4.31. The molecule has 1 aromatic carbocycles. The zero-order valence-electron chi connectivity index (χ0n) is 12.4. The summed E-state index contributed by atoms with van der Waals surface area (Å²) in [7, 11) is 0. The number of aryl methyl sites for hydroxylation is 2. The van der Waals surface area contributed by atoms with E-state index in [1.165, 1.54) is 18.3 Å². The van der Waals surface area contributed by atoms with E-state index in [-0.39, 0.29) is 0 Å². The third-order valence-electron chi connectivity index (χ3n) is 3.27. The van der Waals surface area contributed by atoms with E-state index in [1.54, 1.807) is 26.0 Å². The molecule has 1 atom stereocenters. The van der Waals surface area contributed by atoms with Crippen molar-refractivity contribution in [2.75, 3.05) is 0 Å². The van der Waals surface area contributed by atoms with E-state index in [1.807, 2.05) is 0 Å². The predicted molar refractivity (Wildman–Crippen MR) is 68.4 cm³/mol. The minimum Gasteiger partial charge on any atom is -0.344 e. The second-order valence-electron chi connectivity index (χ2n) is 5.20. The summed E-state index contributed by atoms with van der Waals surface area (Å²) in [6.07, 6.45) is -6.54. The van der Waals surface area contributed by atoms with Gasteiger partial charge in [0, 0.05) is 0 Å². The second kappa shape index (κ2) is 6.01. The number of amides is 1. The summed E-state index contributed by atoms with van der Waals surface area (Å²) in [5.41, 5.74) is 1.73. The zero-order chi connectivity index (χ0) is 18.2. The molecule has 23 heavy (non-hydrogen) atoms. The van der Waals surface area contributed by atoms with Crippen LogP contribution in [0.15, 0.2) is 18.2 Å².